The molecule has 0 aliphatic carbocycles. The highest BCUT2D eigenvalue weighted by Gasteiger charge is 2.31. The first-order valence-electron chi connectivity index (χ1n) is 5.20. The zero-order valence-corrected chi connectivity index (χ0v) is 9.72. The molecule has 1 saturated heterocycles. The number of hydrogen-bond acceptors (Lipinski definition) is 5. The Hall–Kier alpha value is -0.930. The number of thiophene rings is 1. The first-order chi connectivity index (χ1) is 7.72. The second kappa shape index (κ2) is 4.93. The molecule has 1 aliphatic heterocycles. The molecular weight excluding hydrogens is 224 g/mol. The Morgan fingerprint density at radius 3 is 3.19 bits per heavy atom. The lowest BCUT2D eigenvalue weighted by molar-refractivity contribution is 0.0269. The van der Waals surface area contributed by atoms with Gasteiger partial charge < -0.3 is 15.2 Å². The third-order valence-corrected chi connectivity index (χ3v) is 3.56. The van der Waals surface area contributed by atoms with E-state index in [2.05, 4.69) is 11.4 Å². The number of hydrogen-bond donors (Lipinski definition) is 2. The van der Waals surface area contributed by atoms with Gasteiger partial charge in [-0.2, -0.15) is 5.26 Å². The zero-order chi connectivity index (χ0) is 11.4. The van der Waals surface area contributed by atoms with Gasteiger partial charge >= 0.3 is 0 Å². The average molecular weight is 238 g/mol. The molecule has 86 valence electrons. The smallest absolute Gasteiger partial charge is 0.103 e. The zero-order valence-electron chi connectivity index (χ0n) is 8.90. The van der Waals surface area contributed by atoms with Crippen LogP contribution in [0, 0.1) is 11.3 Å². The van der Waals surface area contributed by atoms with Gasteiger partial charge in [0.05, 0.1) is 12.2 Å². The minimum Gasteiger partial charge on any atom is -0.386 e. The predicted molar refractivity (Wildman–Crippen MR) is 61.1 cm³/mol. The fourth-order valence-corrected chi connectivity index (χ4v) is 2.47. The quantitative estimate of drug-likeness (QED) is 0.816. The summed E-state index contributed by atoms with van der Waals surface area (Å²) in [4.78, 5) is 1.11. The fourth-order valence-electron chi connectivity index (χ4n) is 1.69. The molecule has 2 heterocycles. The van der Waals surface area contributed by atoms with Crippen LogP contribution >= 0.6 is 11.3 Å². The molecule has 2 rings (SSSR count). The summed E-state index contributed by atoms with van der Waals surface area (Å²) in [5.41, 5.74) is -0.0142. The van der Waals surface area contributed by atoms with Crippen LogP contribution in [-0.4, -0.2) is 30.5 Å². The molecule has 0 saturated carbocycles. The van der Waals surface area contributed by atoms with E-state index in [1.54, 1.807) is 11.3 Å². The summed E-state index contributed by atoms with van der Waals surface area (Å²) in [7, 11) is 0. The Morgan fingerprint density at radius 1 is 1.69 bits per heavy atom. The van der Waals surface area contributed by atoms with Gasteiger partial charge in [-0.05, 0) is 6.07 Å². The molecule has 2 N–H and O–H groups in total. The van der Waals surface area contributed by atoms with Crippen molar-refractivity contribution >= 4 is 11.3 Å². The van der Waals surface area contributed by atoms with Crippen molar-refractivity contribution in [3.63, 3.8) is 0 Å². The topological polar surface area (TPSA) is 65.3 Å². The largest absolute Gasteiger partial charge is 0.386 e. The van der Waals surface area contributed by atoms with Crippen LogP contribution < -0.4 is 5.32 Å². The summed E-state index contributed by atoms with van der Waals surface area (Å²) in [5, 5.41) is 23.7. The van der Waals surface area contributed by atoms with Crippen LogP contribution in [0.15, 0.2) is 11.4 Å². The summed E-state index contributed by atoms with van der Waals surface area (Å²) in [6.45, 7) is 2.27. The van der Waals surface area contributed by atoms with Crippen LogP contribution in [0.4, 0.5) is 0 Å². The third kappa shape index (κ3) is 2.80. The predicted octanol–water partition coefficient (Wildman–Crippen LogP) is 0.861. The number of nitrogens with one attached hydrogen (secondary N) is 1. The van der Waals surface area contributed by atoms with Crippen molar-refractivity contribution in [1.82, 2.24) is 5.32 Å². The summed E-state index contributed by atoms with van der Waals surface area (Å²) in [6, 6.07) is 3.97. The van der Waals surface area contributed by atoms with E-state index in [1.807, 2.05) is 11.4 Å². The lowest BCUT2D eigenvalue weighted by Gasteiger charge is -2.20. The van der Waals surface area contributed by atoms with Crippen molar-refractivity contribution in [3.05, 3.63) is 21.9 Å². The number of aliphatic hydroxyl groups is 1. The summed E-state index contributed by atoms with van der Waals surface area (Å²) in [5.74, 6) is 0. The number of nitriles is 1. The third-order valence-electron chi connectivity index (χ3n) is 2.62. The monoisotopic (exact) mass is 238 g/mol. The molecule has 1 aliphatic rings. The normalized spacial score (nSPS) is 24.5. The van der Waals surface area contributed by atoms with Gasteiger partial charge in [0.2, 0.25) is 0 Å². The first-order valence-corrected chi connectivity index (χ1v) is 6.08. The molecule has 1 atom stereocenters. The highest BCUT2D eigenvalue weighted by atomic mass is 32.1. The Kier molecular flexibility index (Phi) is 3.56. The summed E-state index contributed by atoms with van der Waals surface area (Å²) < 4.78 is 5.15. The Morgan fingerprint density at radius 2 is 2.56 bits per heavy atom. The minimum atomic E-state index is -0.713. The lowest BCUT2D eigenvalue weighted by Crippen LogP contribution is -2.40. The number of nitrogens with zero attached hydrogens (tertiary/aromatic N) is 1. The van der Waals surface area contributed by atoms with Crippen LogP contribution in [0.2, 0.25) is 0 Å². The van der Waals surface area contributed by atoms with Crippen molar-refractivity contribution in [2.75, 3.05) is 19.8 Å². The SMILES string of the molecule is N#Cc1csc(CNCC2(O)CCOC2)c1. The Balaban J connectivity index is 1.77. The molecular formula is C11H14N2O2S. The highest BCUT2D eigenvalue weighted by molar-refractivity contribution is 7.10. The van der Waals surface area contributed by atoms with Crippen molar-refractivity contribution in [3.8, 4) is 6.07 Å². The molecule has 16 heavy (non-hydrogen) atoms. The van der Waals surface area contributed by atoms with Gasteiger partial charge in [-0.15, -0.1) is 11.3 Å². The van der Waals surface area contributed by atoms with Crippen LogP contribution in [0.5, 0.6) is 0 Å². The maximum Gasteiger partial charge on any atom is 0.103 e. The lowest BCUT2D eigenvalue weighted by atomic mass is 10.0. The second-order valence-corrected chi connectivity index (χ2v) is 5.04. The summed E-state index contributed by atoms with van der Waals surface area (Å²) >= 11 is 1.56. The van der Waals surface area contributed by atoms with Gasteiger partial charge in [-0.25, -0.2) is 0 Å². The maximum atomic E-state index is 9.98. The van der Waals surface area contributed by atoms with E-state index in [-0.39, 0.29) is 0 Å². The van der Waals surface area contributed by atoms with E-state index in [9.17, 15) is 5.11 Å². The number of ether oxygens (including phenoxy) is 1. The molecule has 0 spiro atoms. The number of rotatable bonds is 4. The molecule has 1 aromatic heterocycles. The van der Waals surface area contributed by atoms with E-state index in [4.69, 9.17) is 10.00 Å². The Labute approximate surface area is 98.5 Å². The van der Waals surface area contributed by atoms with Crippen molar-refractivity contribution in [1.29, 1.82) is 5.26 Å². The standard InChI is InChI=1S/C11H14N2O2S/c12-4-9-3-10(16-6-9)5-13-7-11(14)1-2-15-8-11/h3,6,13-14H,1-2,5,7-8H2. The van der Waals surface area contributed by atoms with E-state index in [1.165, 1.54) is 0 Å². The van der Waals surface area contributed by atoms with Crippen molar-refractivity contribution in [2.45, 2.75) is 18.6 Å². The van der Waals surface area contributed by atoms with E-state index in [0.717, 1.165) is 4.88 Å². The molecule has 1 aromatic rings. The Bertz CT molecular complexity index is 391. The van der Waals surface area contributed by atoms with Crippen LogP contribution in [-0.2, 0) is 11.3 Å². The molecule has 0 radical (unpaired) electrons. The van der Waals surface area contributed by atoms with Crippen LogP contribution in [0.25, 0.3) is 0 Å². The van der Waals surface area contributed by atoms with Gasteiger partial charge in [-0.1, -0.05) is 0 Å². The fraction of sp³-hybridized carbons (Fsp3) is 0.545. The van der Waals surface area contributed by atoms with Crippen LogP contribution in [0.1, 0.15) is 16.9 Å². The van der Waals surface area contributed by atoms with Gasteiger partial charge in [0.1, 0.15) is 11.7 Å². The maximum absolute atomic E-state index is 9.98. The van der Waals surface area contributed by atoms with Gasteiger partial charge in [0.25, 0.3) is 0 Å². The van der Waals surface area contributed by atoms with Gasteiger partial charge in [0.15, 0.2) is 0 Å². The van der Waals surface area contributed by atoms with Gasteiger partial charge in [-0.3, -0.25) is 0 Å². The molecule has 4 nitrogen and oxygen atoms in total. The molecule has 5 heteroatoms. The highest BCUT2D eigenvalue weighted by Crippen LogP contribution is 2.18. The minimum absolute atomic E-state index is 0.411. The first kappa shape index (κ1) is 11.6. The van der Waals surface area contributed by atoms with Gasteiger partial charge in [0, 0.05) is 36.4 Å². The summed E-state index contributed by atoms with van der Waals surface area (Å²) in [6.07, 6.45) is 0.688. The molecule has 1 fully saturated rings. The average Bonchev–Trinajstić information content (AvgIpc) is 2.88. The van der Waals surface area contributed by atoms with E-state index < -0.39 is 5.60 Å². The second-order valence-electron chi connectivity index (χ2n) is 4.04. The molecule has 0 aromatic carbocycles. The van der Waals surface area contributed by atoms with Crippen LogP contribution in [0.3, 0.4) is 0 Å². The van der Waals surface area contributed by atoms with Crippen molar-refractivity contribution < 1.29 is 9.84 Å². The molecule has 0 bridgehead atoms. The van der Waals surface area contributed by atoms with E-state index in [0.29, 0.717) is 38.3 Å². The molecule has 1 unspecified atom stereocenters. The van der Waals surface area contributed by atoms with Crippen molar-refractivity contribution in [2.24, 2.45) is 0 Å². The molecule has 0 amide bonds. The van der Waals surface area contributed by atoms with E-state index >= 15 is 0 Å².